The lowest BCUT2D eigenvalue weighted by Crippen LogP contribution is -1.88. The molecular formula is C9H8IN. The molecule has 0 fully saturated rings. The molecular weight excluding hydrogens is 249 g/mol. The fourth-order valence-electron chi connectivity index (χ4n) is 0.945. The van der Waals surface area contributed by atoms with Crippen molar-refractivity contribution >= 4 is 22.6 Å². The van der Waals surface area contributed by atoms with E-state index < -0.39 is 0 Å². The molecule has 0 aromatic heterocycles. The van der Waals surface area contributed by atoms with Crippen molar-refractivity contribution in [1.29, 1.82) is 5.26 Å². The van der Waals surface area contributed by atoms with E-state index in [4.69, 9.17) is 5.26 Å². The Morgan fingerprint density at radius 1 is 1.27 bits per heavy atom. The minimum absolute atomic E-state index is 0.527. The van der Waals surface area contributed by atoms with Crippen molar-refractivity contribution in [3.63, 3.8) is 0 Å². The number of benzene rings is 1. The predicted molar refractivity (Wildman–Crippen MR) is 53.5 cm³/mol. The van der Waals surface area contributed by atoms with Crippen LogP contribution in [-0.4, -0.2) is 0 Å². The van der Waals surface area contributed by atoms with Crippen molar-refractivity contribution in [1.82, 2.24) is 0 Å². The van der Waals surface area contributed by atoms with Crippen LogP contribution in [0.5, 0.6) is 0 Å². The number of rotatable bonds is 2. The third-order valence-corrected chi connectivity index (χ3v) is 2.35. The molecule has 0 radical (unpaired) electrons. The van der Waals surface area contributed by atoms with Gasteiger partial charge in [-0.3, -0.25) is 0 Å². The van der Waals surface area contributed by atoms with Crippen molar-refractivity contribution in [3.05, 3.63) is 35.4 Å². The lowest BCUT2D eigenvalue weighted by atomic mass is 10.1. The second-order valence-corrected chi connectivity index (χ2v) is 3.00. The zero-order valence-electron chi connectivity index (χ0n) is 6.05. The monoisotopic (exact) mass is 257 g/mol. The topological polar surface area (TPSA) is 23.8 Å². The summed E-state index contributed by atoms with van der Waals surface area (Å²) < 4.78 is 0.982. The number of hydrogen-bond donors (Lipinski definition) is 0. The van der Waals surface area contributed by atoms with Crippen molar-refractivity contribution in [2.75, 3.05) is 0 Å². The molecule has 0 bridgehead atoms. The van der Waals surface area contributed by atoms with Gasteiger partial charge in [0.2, 0.25) is 0 Å². The maximum atomic E-state index is 8.49. The maximum Gasteiger partial charge on any atom is 0.0669 e. The fraction of sp³-hybridized carbons (Fsp3) is 0.222. The molecule has 1 nitrogen and oxygen atoms in total. The van der Waals surface area contributed by atoms with E-state index in [2.05, 4.69) is 34.7 Å². The molecule has 0 unspecified atom stereocenters. The van der Waals surface area contributed by atoms with E-state index in [9.17, 15) is 0 Å². The number of nitrogens with zero attached hydrogens (tertiary/aromatic N) is 1. The smallest absolute Gasteiger partial charge is 0.0669 e. The summed E-state index contributed by atoms with van der Waals surface area (Å²) in [6, 6.07) is 10.2. The average molecular weight is 257 g/mol. The number of halogens is 1. The van der Waals surface area contributed by atoms with Gasteiger partial charge in [-0.1, -0.05) is 46.9 Å². The van der Waals surface area contributed by atoms with Gasteiger partial charge in [0.15, 0.2) is 0 Å². The van der Waals surface area contributed by atoms with Gasteiger partial charge in [0.25, 0.3) is 0 Å². The molecule has 0 aliphatic rings. The lowest BCUT2D eigenvalue weighted by molar-refractivity contribution is 1.21. The minimum atomic E-state index is 0.527. The fourth-order valence-corrected chi connectivity index (χ4v) is 1.69. The molecule has 1 rings (SSSR count). The lowest BCUT2D eigenvalue weighted by Gasteiger charge is -2.00. The van der Waals surface area contributed by atoms with Gasteiger partial charge < -0.3 is 0 Å². The molecule has 0 aliphatic carbocycles. The van der Waals surface area contributed by atoms with E-state index in [1.165, 1.54) is 5.56 Å². The van der Waals surface area contributed by atoms with Crippen molar-refractivity contribution in [2.45, 2.75) is 10.8 Å². The quantitative estimate of drug-likeness (QED) is 0.590. The second-order valence-electron chi connectivity index (χ2n) is 2.24. The van der Waals surface area contributed by atoms with Crippen LogP contribution in [0.25, 0.3) is 0 Å². The van der Waals surface area contributed by atoms with Crippen LogP contribution < -0.4 is 0 Å². The van der Waals surface area contributed by atoms with E-state index in [0.717, 1.165) is 9.99 Å². The minimum Gasteiger partial charge on any atom is -0.198 e. The molecule has 0 N–H and O–H groups in total. The molecule has 0 amide bonds. The van der Waals surface area contributed by atoms with Gasteiger partial charge in [0.05, 0.1) is 12.5 Å². The molecule has 1 aromatic rings. The van der Waals surface area contributed by atoms with Crippen LogP contribution >= 0.6 is 22.6 Å². The first-order chi connectivity index (χ1) is 5.38. The second kappa shape index (κ2) is 4.35. The van der Waals surface area contributed by atoms with Crippen molar-refractivity contribution < 1.29 is 0 Å². The van der Waals surface area contributed by atoms with Crippen LogP contribution in [0, 0.1) is 11.3 Å². The van der Waals surface area contributed by atoms with Gasteiger partial charge in [-0.2, -0.15) is 5.26 Å². The Bertz CT molecular complexity index is 275. The van der Waals surface area contributed by atoms with E-state index in [1.807, 2.05) is 18.2 Å². The summed E-state index contributed by atoms with van der Waals surface area (Å²) >= 11 is 2.31. The SMILES string of the molecule is N#CCc1ccccc1CI. The highest BCUT2D eigenvalue weighted by atomic mass is 127. The highest BCUT2D eigenvalue weighted by molar-refractivity contribution is 14.1. The van der Waals surface area contributed by atoms with Gasteiger partial charge >= 0.3 is 0 Å². The number of nitriles is 1. The van der Waals surface area contributed by atoms with Crippen LogP contribution in [-0.2, 0) is 10.8 Å². The highest BCUT2D eigenvalue weighted by Crippen LogP contribution is 2.12. The van der Waals surface area contributed by atoms with Crippen LogP contribution in [0.1, 0.15) is 11.1 Å². The third kappa shape index (κ3) is 2.19. The molecule has 2 heteroatoms. The number of hydrogen-bond acceptors (Lipinski definition) is 1. The van der Waals surface area contributed by atoms with Gasteiger partial charge in [0, 0.05) is 4.43 Å². The summed E-state index contributed by atoms with van der Waals surface area (Å²) in [5, 5.41) is 8.49. The first-order valence-corrected chi connectivity index (χ1v) is 4.90. The summed E-state index contributed by atoms with van der Waals surface area (Å²) in [5.74, 6) is 0. The molecule has 56 valence electrons. The zero-order chi connectivity index (χ0) is 8.10. The van der Waals surface area contributed by atoms with E-state index in [0.29, 0.717) is 6.42 Å². The summed E-state index contributed by atoms with van der Waals surface area (Å²) in [6.07, 6.45) is 0.527. The summed E-state index contributed by atoms with van der Waals surface area (Å²) in [5.41, 5.74) is 2.43. The standard InChI is InChI=1S/C9H8IN/c10-7-9-4-2-1-3-8(9)5-6-11/h1-4H,5,7H2. The van der Waals surface area contributed by atoms with Gasteiger partial charge in [0.1, 0.15) is 0 Å². The van der Waals surface area contributed by atoms with Crippen LogP contribution in [0.2, 0.25) is 0 Å². The number of alkyl halides is 1. The van der Waals surface area contributed by atoms with Crippen molar-refractivity contribution in [3.8, 4) is 6.07 Å². The average Bonchev–Trinajstić information content (AvgIpc) is 2.06. The normalized spacial score (nSPS) is 9.09. The summed E-state index contributed by atoms with van der Waals surface area (Å²) in [4.78, 5) is 0. The zero-order valence-corrected chi connectivity index (χ0v) is 8.21. The van der Waals surface area contributed by atoms with Crippen LogP contribution in [0.3, 0.4) is 0 Å². The third-order valence-electron chi connectivity index (χ3n) is 1.53. The van der Waals surface area contributed by atoms with Crippen molar-refractivity contribution in [2.24, 2.45) is 0 Å². The molecule has 0 aliphatic heterocycles. The molecule has 0 saturated carbocycles. The summed E-state index contributed by atoms with van der Waals surface area (Å²) in [7, 11) is 0. The molecule has 0 atom stereocenters. The van der Waals surface area contributed by atoms with Crippen LogP contribution in [0.4, 0.5) is 0 Å². The Balaban J connectivity index is 2.94. The Morgan fingerprint density at radius 3 is 2.45 bits per heavy atom. The van der Waals surface area contributed by atoms with Gasteiger partial charge in [-0.25, -0.2) is 0 Å². The molecule has 0 saturated heterocycles. The Hall–Kier alpha value is -0.560. The van der Waals surface area contributed by atoms with Crippen LogP contribution in [0.15, 0.2) is 24.3 Å². The molecule has 0 heterocycles. The highest BCUT2D eigenvalue weighted by Gasteiger charge is 1.97. The Labute approximate surface area is 80.2 Å². The van der Waals surface area contributed by atoms with E-state index in [-0.39, 0.29) is 0 Å². The predicted octanol–water partition coefficient (Wildman–Crippen LogP) is 2.69. The van der Waals surface area contributed by atoms with Gasteiger partial charge in [-0.05, 0) is 11.1 Å². The van der Waals surface area contributed by atoms with E-state index in [1.54, 1.807) is 0 Å². The first kappa shape index (κ1) is 8.54. The molecule has 0 spiro atoms. The molecule has 11 heavy (non-hydrogen) atoms. The first-order valence-electron chi connectivity index (χ1n) is 3.38. The largest absolute Gasteiger partial charge is 0.198 e. The van der Waals surface area contributed by atoms with E-state index >= 15 is 0 Å². The maximum absolute atomic E-state index is 8.49. The summed E-state index contributed by atoms with van der Waals surface area (Å²) in [6.45, 7) is 0. The molecule has 1 aromatic carbocycles. The Kier molecular flexibility index (Phi) is 3.37. The Morgan fingerprint density at radius 2 is 1.91 bits per heavy atom. The van der Waals surface area contributed by atoms with Gasteiger partial charge in [-0.15, -0.1) is 0 Å².